The van der Waals surface area contributed by atoms with E-state index in [-0.39, 0.29) is 0 Å². The first-order valence-corrected chi connectivity index (χ1v) is 8.09. The molecular formula is C17H26N2O2. The molecule has 2 heterocycles. The summed E-state index contributed by atoms with van der Waals surface area (Å²) in [6.07, 6.45) is 3.96. The molecule has 0 aromatic heterocycles. The van der Waals surface area contributed by atoms with Crippen LogP contribution in [0.5, 0.6) is 11.5 Å². The highest BCUT2D eigenvalue weighted by Crippen LogP contribution is 2.32. The van der Waals surface area contributed by atoms with Crippen LogP contribution in [-0.2, 0) is 6.54 Å². The van der Waals surface area contributed by atoms with Crippen molar-refractivity contribution >= 4 is 0 Å². The Morgan fingerprint density at radius 1 is 1.29 bits per heavy atom. The molecule has 0 saturated carbocycles. The van der Waals surface area contributed by atoms with Gasteiger partial charge < -0.3 is 14.8 Å². The summed E-state index contributed by atoms with van der Waals surface area (Å²) in [7, 11) is 1.72. The molecule has 1 N–H and O–H groups in total. The van der Waals surface area contributed by atoms with Gasteiger partial charge in [0.05, 0.1) is 13.7 Å². The van der Waals surface area contributed by atoms with Crippen LogP contribution in [0, 0.1) is 0 Å². The average Bonchev–Trinajstić information content (AvgIpc) is 3.09. The summed E-state index contributed by atoms with van der Waals surface area (Å²) < 4.78 is 11.2. The minimum absolute atomic E-state index is 0.618. The summed E-state index contributed by atoms with van der Waals surface area (Å²) in [5, 5.41) is 3.74. The van der Waals surface area contributed by atoms with Crippen molar-refractivity contribution in [2.75, 3.05) is 26.8 Å². The lowest BCUT2D eigenvalue weighted by molar-refractivity contribution is 0.295. The number of nitrogens with one attached hydrogen (secondary N) is 1. The van der Waals surface area contributed by atoms with E-state index >= 15 is 0 Å². The molecule has 2 aliphatic rings. The molecule has 2 saturated heterocycles. The Morgan fingerprint density at radius 3 is 3.00 bits per heavy atom. The van der Waals surface area contributed by atoms with E-state index < -0.39 is 0 Å². The molecule has 2 atom stereocenters. The van der Waals surface area contributed by atoms with Gasteiger partial charge in [0.1, 0.15) is 0 Å². The molecule has 3 rings (SSSR count). The van der Waals surface area contributed by atoms with E-state index in [0.29, 0.717) is 12.6 Å². The van der Waals surface area contributed by atoms with Crippen molar-refractivity contribution in [1.29, 1.82) is 0 Å². The predicted molar refractivity (Wildman–Crippen MR) is 84.0 cm³/mol. The van der Waals surface area contributed by atoms with Crippen LogP contribution >= 0.6 is 0 Å². The minimum Gasteiger partial charge on any atom is -0.493 e. The third-order valence-electron chi connectivity index (χ3n) is 4.73. The number of fused-ring (bicyclic) bond motifs is 1. The molecule has 2 fully saturated rings. The molecule has 0 amide bonds. The van der Waals surface area contributed by atoms with Gasteiger partial charge in [0.15, 0.2) is 11.5 Å². The highest BCUT2D eigenvalue weighted by molar-refractivity contribution is 5.46. The smallest absolute Gasteiger partial charge is 0.165 e. The topological polar surface area (TPSA) is 33.7 Å². The number of rotatable bonds is 6. The molecule has 1 aromatic rings. The molecule has 2 unspecified atom stereocenters. The van der Waals surface area contributed by atoms with E-state index in [1.807, 2.05) is 19.1 Å². The summed E-state index contributed by atoms with van der Waals surface area (Å²) in [6.45, 7) is 6.04. The zero-order valence-corrected chi connectivity index (χ0v) is 13.1. The van der Waals surface area contributed by atoms with Crippen molar-refractivity contribution in [2.45, 2.75) is 44.8 Å². The maximum atomic E-state index is 5.65. The largest absolute Gasteiger partial charge is 0.493 e. The molecule has 4 heteroatoms. The second-order valence-corrected chi connectivity index (χ2v) is 5.90. The van der Waals surface area contributed by atoms with Crippen molar-refractivity contribution in [3.05, 3.63) is 23.8 Å². The minimum atomic E-state index is 0.618. The summed E-state index contributed by atoms with van der Waals surface area (Å²) in [5.41, 5.74) is 1.18. The fourth-order valence-electron chi connectivity index (χ4n) is 3.76. The van der Waals surface area contributed by atoms with Crippen LogP contribution in [0.15, 0.2) is 18.2 Å². The standard InChI is InChI=1S/C17H26N2O2/c1-3-21-16-8-4-6-13(17(16)20-2)12-18-14-9-11-19-10-5-7-15(14)19/h4,6,8,14-15,18H,3,5,7,9-12H2,1-2H3. The summed E-state index contributed by atoms with van der Waals surface area (Å²) in [4.78, 5) is 2.63. The first-order chi connectivity index (χ1) is 10.3. The van der Waals surface area contributed by atoms with E-state index in [1.165, 1.54) is 37.9 Å². The van der Waals surface area contributed by atoms with Crippen molar-refractivity contribution < 1.29 is 9.47 Å². The highest BCUT2D eigenvalue weighted by Gasteiger charge is 2.36. The number of ether oxygens (including phenoxy) is 2. The predicted octanol–water partition coefficient (Wildman–Crippen LogP) is 2.42. The molecule has 0 aliphatic carbocycles. The lowest BCUT2D eigenvalue weighted by Gasteiger charge is -2.22. The maximum absolute atomic E-state index is 5.65. The molecule has 1 aromatic carbocycles. The maximum Gasteiger partial charge on any atom is 0.165 e. The second-order valence-electron chi connectivity index (χ2n) is 5.90. The Morgan fingerprint density at radius 2 is 2.19 bits per heavy atom. The number of nitrogens with zero attached hydrogens (tertiary/aromatic N) is 1. The fourth-order valence-corrected chi connectivity index (χ4v) is 3.76. The van der Waals surface area contributed by atoms with Gasteiger partial charge in [-0.1, -0.05) is 12.1 Å². The molecule has 0 bridgehead atoms. The zero-order valence-electron chi connectivity index (χ0n) is 13.1. The van der Waals surface area contributed by atoms with Crippen LogP contribution in [0.2, 0.25) is 0 Å². The van der Waals surface area contributed by atoms with E-state index in [9.17, 15) is 0 Å². The van der Waals surface area contributed by atoms with Gasteiger partial charge in [-0.25, -0.2) is 0 Å². The number of benzene rings is 1. The fraction of sp³-hybridized carbons (Fsp3) is 0.647. The zero-order chi connectivity index (χ0) is 14.7. The van der Waals surface area contributed by atoms with Crippen molar-refractivity contribution in [3.63, 3.8) is 0 Å². The third-order valence-corrected chi connectivity index (χ3v) is 4.73. The summed E-state index contributed by atoms with van der Waals surface area (Å²) >= 11 is 0. The first-order valence-electron chi connectivity index (χ1n) is 8.09. The number of hydrogen-bond donors (Lipinski definition) is 1. The van der Waals surface area contributed by atoms with E-state index in [4.69, 9.17) is 9.47 Å². The van der Waals surface area contributed by atoms with Crippen LogP contribution in [0.25, 0.3) is 0 Å². The summed E-state index contributed by atoms with van der Waals surface area (Å²) in [6, 6.07) is 7.50. The van der Waals surface area contributed by atoms with Crippen LogP contribution in [-0.4, -0.2) is 43.8 Å². The van der Waals surface area contributed by atoms with Gasteiger partial charge >= 0.3 is 0 Å². The summed E-state index contributed by atoms with van der Waals surface area (Å²) in [5.74, 6) is 1.71. The Labute approximate surface area is 127 Å². The Balaban J connectivity index is 1.66. The lowest BCUT2D eigenvalue weighted by Crippen LogP contribution is -2.38. The normalized spacial score (nSPS) is 25.0. The Hall–Kier alpha value is -1.26. The van der Waals surface area contributed by atoms with Gasteiger partial charge in [0.2, 0.25) is 0 Å². The number of methoxy groups -OCH3 is 1. The van der Waals surface area contributed by atoms with Gasteiger partial charge in [-0.3, -0.25) is 4.90 Å². The quantitative estimate of drug-likeness (QED) is 0.872. The van der Waals surface area contributed by atoms with Crippen LogP contribution in [0.4, 0.5) is 0 Å². The van der Waals surface area contributed by atoms with Gasteiger partial charge in [-0.05, 0) is 38.8 Å². The van der Waals surface area contributed by atoms with Gasteiger partial charge in [0, 0.05) is 30.7 Å². The Kier molecular flexibility index (Phi) is 4.66. The second kappa shape index (κ2) is 6.67. The molecule has 2 aliphatic heterocycles. The van der Waals surface area contributed by atoms with Crippen molar-refractivity contribution in [2.24, 2.45) is 0 Å². The highest BCUT2D eigenvalue weighted by atomic mass is 16.5. The SMILES string of the molecule is CCOc1cccc(CNC2CCN3CCCC23)c1OC. The molecule has 0 spiro atoms. The van der Waals surface area contributed by atoms with Crippen LogP contribution < -0.4 is 14.8 Å². The van der Waals surface area contributed by atoms with Gasteiger partial charge in [-0.15, -0.1) is 0 Å². The van der Waals surface area contributed by atoms with Crippen LogP contribution in [0.3, 0.4) is 0 Å². The van der Waals surface area contributed by atoms with Gasteiger partial charge in [-0.2, -0.15) is 0 Å². The Bertz CT molecular complexity index is 478. The molecule has 0 radical (unpaired) electrons. The number of para-hydroxylation sites is 1. The third kappa shape index (κ3) is 3.01. The average molecular weight is 290 g/mol. The van der Waals surface area contributed by atoms with Gasteiger partial charge in [0.25, 0.3) is 0 Å². The number of hydrogen-bond acceptors (Lipinski definition) is 4. The molecular weight excluding hydrogens is 264 g/mol. The lowest BCUT2D eigenvalue weighted by atomic mass is 10.1. The van der Waals surface area contributed by atoms with Crippen molar-refractivity contribution in [3.8, 4) is 11.5 Å². The van der Waals surface area contributed by atoms with Crippen molar-refractivity contribution in [1.82, 2.24) is 10.2 Å². The molecule has 4 nitrogen and oxygen atoms in total. The molecule has 21 heavy (non-hydrogen) atoms. The first kappa shape index (κ1) is 14.7. The van der Waals surface area contributed by atoms with E-state index in [2.05, 4.69) is 16.3 Å². The van der Waals surface area contributed by atoms with Crippen LogP contribution in [0.1, 0.15) is 31.7 Å². The van der Waals surface area contributed by atoms with E-state index in [1.54, 1.807) is 7.11 Å². The monoisotopic (exact) mass is 290 g/mol. The molecule has 116 valence electrons. The van der Waals surface area contributed by atoms with E-state index in [0.717, 1.165) is 24.1 Å².